The second kappa shape index (κ2) is 3.46. The van der Waals surface area contributed by atoms with E-state index in [0.29, 0.717) is 18.6 Å². The summed E-state index contributed by atoms with van der Waals surface area (Å²) in [5.41, 5.74) is 1.80. The van der Waals surface area contributed by atoms with Crippen LogP contribution in [0.15, 0.2) is 16.7 Å². The monoisotopic (exact) mass is 196 g/mol. The Morgan fingerprint density at radius 3 is 3.00 bits per heavy atom. The Morgan fingerprint density at radius 1 is 1.62 bits per heavy atom. The molecule has 1 aromatic rings. The topological polar surface area (TPSA) is 34.5 Å². The molecule has 0 spiro atoms. The van der Waals surface area contributed by atoms with Crippen molar-refractivity contribution < 1.29 is 4.74 Å². The lowest BCUT2D eigenvalue weighted by Crippen LogP contribution is -2.13. The molecule has 1 aliphatic heterocycles. The van der Waals surface area contributed by atoms with Crippen molar-refractivity contribution >= 4 is 17.2 Å². The van der Waals surface area contributed by atoms with Crippen molar-refractivity contribution in [2.24, 2.45) is 10.9 Å². The van der Waals surface area contributed by atoms with E-state index in [9.17, 15) is 0 Å². The molecule has 4 heteroatoms. The van der Waals surface area contributed by atoms with Crippen LogP contribution in [0.2, 0.25) is 0 Å². The summed E-state index contributed by atoms with van der Waals surface area (Å²) in [5, 5.41) is 0. The SMILES string of the molecule is CC(C)C1COC(c2cncs2)=N1. The third kappa shape index (κ3) is 1.72. The average Bonchev–Trinajstić information content (AvgIpc) is 2.75. The molecule has 13 heavy (non-hydrogen) atoms. The highest BCUT2D eigenvalue weighted by Crippen LogP contribution is 2.19. The van der Waals surface area contributed by atoms with Crippen LogP contribution in [0.5, 0.6) is 0 Å². The molecule has 1 aliphatic rings. The van der Waals surface area contributed by atoms with Crippen LogP contribution in [0.3, 0.4) is 0 Å². The second-order valence-electron chi connectivity index (χ2n) is 3.42. The average molecular weight is 196 g/mol. The van der Waals surface area contributed by atoms with E-state index >= 15 is 0 Å². The molecule has 2 heterocycles. The van der Waals surface area contributed by atoms with Crippen molar-refractivity contribution in [1.82, 2.24) is 4.98 Å². The molecule has 0 aliphatic carbocycles. The van der Waals surface area contributed by atoms with Gasteiger partial charge in [-0.3, -0.25) is 4.98 Å². The Bertz CT molecular complexity index is 305. The minimum Gasteiger partial charge on any atom is -0.475 e. The fourth-order valence-electron chi connectivity index (χ4n) is 1.19. The standard InChI is InChI=1S/C9H12N2OS/c1-6(2)7-4-12-9(11-7)8-3-10-5-13-8/h3,5-7H,4H2,1-2H3. The Morgan fingerprint density at radius 2 is 2.46 bits per heavy atom. The summed E-state index contributed by atoms with van der Waals surface area (Å²) in [6.07, 6.45) is 1.80. The maximum atomic E-state index is 5.49. The van der Waals surface area contributed by atoms with E-state index in [1.165, 1.54) is 0 Å². The Hall–Kier alpha value is -0.900. The van der Waals surface area contributed by atoms with Gasteiger partial charge in [0.2, 0.25) is 5.90 Å². The van der Waals surface area contributed by atoms with Crippen LogP contribution in [0.25, 0.3) is 0 Å². The van der Waals surface area contributed by atoms with Gasteiger partial charge in [-0.1, -0.05) is 13.8 Å². The Balaban J connectivity index is 2.15. The van der Waals surface area contributed by atoms with Gasteiger partial charge in [-0.15, -0.1) is 11.3 Å². The van der Waals surface area contributed by atoms with Crippen LogP contribution in [0.1, 0.15) is 18.7 Å². The number of aliphatic imine (C=N–C) groups is 1. The highest BCUT2D eigenvalue weighted by Gasteiger charge is 2.23. The zero-order valence-electron chi connectivity index (χ0n) is 7.73. The molecular formula is C9H12N2OS. The van der Waals surface area contributed by atoms with Crippen molar-refractivity contribution in [3.63, 3.8) is 0 Å². The van der Waals surface area contributed by atoms with Gasteiger partial charge in [0, 0.05) is 0 Å². The van der Waals surface area contributed by atoms with Gasteiger partial charge in [0.25, 0.3) is 0 Å². The van der Waals surface area contributed by atoms with Crippen LogP contribution in [-0.4, -0.2) is 23.5 Å². The zero-order valence-corrected chi connectivity index (χ0v) is 8.54. The number of hydrogen-bond donors (Lipinski definition) is 0. The molecule has 0 saturated carbocycles. The van der Waals surface area contributed by atoms with Gasteiger partial charge in [0.15, 0.2) is 0 Å². The molecule has 1 aromatic heterocycles. The third-order valence-electron chi connectivity index (χ3n) is 2.09. The van der Waals surface area contributed by atoms with E-state index < -0.39 is 0 Å². The van der Waals surface area contributed by atoms with E-state index in [2.05, 4.69) is 23.8 Å². The molecule has 2 rings (SSSR count). The predicted octanol–water partition coefficient (Wildman–Crippen LogP) is 1.94. The number of thiazole rings is 1. The number of aromatic nitrogens is 1. The summed E-state index contributed by atoms with van der Waals surface area (Å²) in [6, 6.07) is 0.317. The van der Waals surface area contributed by atoms with E-state index in [1.54, 1.807) is 23.0 Å². The van der Waals surface area contributed by atoms with Gasteiger partial charge >= 0.3 is 0 Å². The molecule has 0 aromatic carbocycles. The number of nitrogens with zero attached hydrogens (tertiary/aromatic N) is 2. The first kappa shape index (κ1) is 8.69. The zero-order chi connectivity index (χ0) is 9.26. The lowest BCUT2D eigenvalue weighted by atomic mass is 10.1. The maximum Gasteiger partial charge on any atom is 0.228 e. The van der Waals surface area contributed by atoms with Crippen molar-refractivity contribution in [2.45, 2.75) is 19.9 Å². The molecule has 1 atom stereocenters. The van der Waals surface area contributed by atoms with Gasteiger partial charge in [0.1, 0.15) is 11.5 Å². The summed E-state index contributed by atoms with van der Waals surface area (Å²) in [7, 11) is 0. The third-order valence-corrected chi connectivity index (χ3v) is 2.85. The van der Waals surface area contributed by atoms with Crippen LogP contribution in [-0.2, 0) is 4.74 Å². The summed E-state index contributed by atoms with van der Waals surface area (Å²) in [4.78, 5) is 9.52. The van der Waals surface area contributed by atoms with Crippen molar-refractivity contribution in [3.05, 3.63) is 16.6 Å². The molecule has 0 N–H and O–H groups in total. The van der Waals surface area contributed by atoms with E-state index in [-0.39, 0.29) is 0 Å². The first-order chi connectivity index (χ1) is 6.27. The second-order valence-corrected chi connectivity index (χ2v) is 4.31. The van der Waals surface area contributed by atoms with Crippen LogP contribution in [0.4, 0.5) is 0 Å². The molecule has 70 valence electrons. The van der Waals surface area contributed by atoms with Gasteiger partial charge < -0.3 is 4.74 Å². The summed E-state index contributed by atoms with van der Waals surface area (Å²) >= 11 is 1.57. The fraction of sp³-hybridized carbons (Fsp3) is 0.556. The maximum absolute atomic E-state index is 5.49. The molecule has 3 nitrogen and oxygen atoms in total. The molecule has 0 radical (unpaired) electrons. The molecule has 0 saturated heterocycles. The summed E-state index contributed by atoms with van der Waals surface area (Å²) in [6.45, 7) is 5.03. The van der Waals surface area contributed by atoms with E-state index in [0.717, 1.165) is 10.8 Å². The molecule has 0 bridgehead atoms. The molecular weight excluding hydrogens is 184 g/mol. The van der Waals surface area contributed by atoms with E-state index in [1.807, 2.05) is 0 Å². The number of ether oxygens (including phenoxy) is 1. The first-order valence-electron chi connectivity index (χ1n) is 4.37. The lowest BCUT2D eigenvalue weighted by molar-refractivity contribution is 0.292. The van der Waals surface area contributed by atoms with Crippen molar-refractivity contribution in [2.75, 3.05) is 6.61 Å². The molecule has 0 fully saturated rings. The molecule has 0 amide bonds. The minimum absolute atomic E-state index is 0.317. The van der Waals surface area contributed by atoms with Crippen LogP contribution < -0.4 is 0 Å². The van der Waals surface area contributed by atoms with Gasteiger partial charge in [-0.05, 0) is 5.92 Å². The van der Waals surface area contributed by atoms with Crippen molar-refractivity contribution in [3.8, 4) is 0 Å². The van der Waals surface area contributed by atoms with Crippen LogP contribution >= 0.6 is 11.3 Å². The predicted molar refractivity (Wildman–Crippen MR) is 53.2 cm³/mol. The Kier molecular flexibility index (Phi) is 2.31. The van der Waals surface area contributed by atoms with E-state index in [4.69, 9.17) is 4.74 Å². The minimum atomic E-state index is 0.317. The summed E-state index contributed by atoms with van der Waals surface area (Å²) in [5.74, 6) is 1.31. The van der Waals surface area contributed by atoms with Gasteiger partial charge in [-0.25, -0.2) is 4.99 Å². The number of hydrogen-bond acceptors (Lipinski definition) is 4. The van der Waals surface area contributed by atoms with Gasteiger partial charge in [0.05, 0.1) is 17.7 Å². The number of rotatable bonds is 2. The molecule has 1 unspecified atom stereocenters. The first-order valence-corrected chi connectivity index (χ1v) is 5.25. The Labute approximate surface area is 81.5 Å². The smallest absolute Gasteiger partial charge is 0.228 e. The highest BCUT2D eigenvalue weighted by molar-refractivity contribution is 7.11. The summed E-state index contributed by atoms with van der Waals surface area (Å²) < 4.78 is 5.49. The normalized spacial score (nSPS) is 21.8. The van der Waals surface area contributed by atoms with Gasteiger partial charge in [-0.2, -0.15) is 0 Å². The quantitative estimate of drug-likeness (QED) is 0.724. The lowest BCUT2D eigenvalue weighted by Gasteiger charge is -2.06. The largest absolute Gasteiger partial charge is 0.475 e. The highest BCUT2D eigenvalue weighted by atomic mass is 32.1. The van der Waals surface area contributed by atoms with Crippen LogP contribution in [0, 0.1) is 5.92 Å². The van der Waals surface area contributed by atoms with Crippen molar-refractivity contribution in [1.29, 1.82) is 0 Å². The fourth-order valence-corrected chi connectivity index (χ4v) is 1.76.